The number of esters is 1. The molecular weight excluding hydrogens is 208 g/mol. The molecule has 0 fully saturated rings. The Morgan fingerprint density at radius 2 is 1.69 bits per heavy atom. The number of hydrogen-bond donors (Lipinski definition) is 2. The largest absolute Gasteiger partial charge is 0.469 e. The molecule has 16 heavy (non-hydrogen) atoms. The van der Waals surface area contributed by atoms with Gasteiger partial charge in [0, 0.05) is 17.5 Å². The van der Waals surface area contributed by atoms with Crippen molar-refractivity contribution in [1.82, 2.24) is 5.32 Å². The van der Waals surface area contributed by atoms with E-state index in [4.69, 9.17) is 5.73 Å². The van der Waals surface area contributed by atoms with Gasteiger partial charge in [-0.05, 0) is 27.7 Å². The first kappa shape index (κ1) is 14.9. The van der Waals surface area contributed by atoms with Gasteiger partial charge < -0.3 is 15.8 Å². The quantitative estimate of drug-likeness (QED) is 0.677. The highest BCUT2D eigenvalue weighted by atomic mass is 16.5. The summed E-state index contributed by atoms with van der Waals surface area (Å²) in [6.07, 6.45) is 0.359. The number of nitrogens with two attached hydrogens (primary N) is 1. The van der Waals surface area contributed by atoms with Gasteiger partial charge in [-0.2, -0.15) is 0 Å². The molecule has 0 heterocycles. The normalized spacial score (nSPS) is 12.1. The van der Waals surface area contributed by atoms with Crippen molar-refractivity contribution in [3.05, 3.63) is 0 Å². The molecule has 5 nitrogen and oxygen atoms in total. The minimum Gasteiger partial charge on any atom is -0.469 e. The Balaban J connectivity index is 4.26. The van der Waals surface area contributed by atoms with Gasteiger partial charge in [0.25, 0.3) is 0 Å². The van der Waals surface area contributed by atoms with Crippen LogP contribution in [0.25, 0.3) is 0 Å². The van der Waals surface area contributed by atoms with Crippen LogP contribution in [0.5, 0.6) is 0 Å². The maximum atomic E-state index is 11.6. The molecule has 3 N–H and O–H groups in total. The van der Waals surface area contributed by atoms with Crippen molar-refractivity contribution in [2.45, 2.75) is 51.6 Å². The molecule has 0 rings (SSSR count). The smallest absolute Gasteiger partial charge is 0.307 e. The van der Waals surface area contributed by atoms with Gasteiger partial charge in [-0.25, -0.2) is 0 Å². The van der Waals surface area contributed by atoms with E-state index in [0.717, 1.165) is 0 Å². The molecule has 0 aromatic carbocycles. The third kappa shape index (κ3) is 7.23. The topological polar surface area (TPSA) is 81.4 Å². The monoisotopic (exact) mass is 230 g/mol. The van der Waals surface area contributed by atoms with Crippen LogP contribution in [0, 0.1) is 0 Å². The molecule has 0 aliphatic carbocycles. The molecule has 5 heteroatoms. The molecule has 0 aromatic heterocycles. The van der Waals surface area contributed by atoms with E-state index in [9.17, 15) is 9.59 Å². The lowest BCUT2D eigenvalue weighted by Gasteiger charge is -2.27. The minimum absolute atomic E-state index is 0.139. The first-order valence-corrected chi connectivity index (χ1v) is 5.22. The van der Waals surface area contributed by atoms with Gasteiger partial charge in [0.2, 0.25) is 5.91 Å². The summed E-state index contributed by atoms with van der Waals surface area (Å²) in [6.45, 7) is 7.09. The molecule has 0 unspecified atom stereocenters. The van der Waals surface area contributed by atoms with Crippen molar-refractivity contribution in [3.8, 4) is 0 Å². The summed E-state index contributed by atoms with van der Waals surface area (Å²) in [7, 11) is 1.32. The van der Waals surface area contributed by atoms with Crippen LogP contribution in [0.2, 0.25) is 0 Å². The second-order valence-corrected chi connectivity index (χ2v) is 5.35. The van der Waals surface area contributed by atoms with Crippen LogP contribution in [-0.2, 0) is 14.3 Å². The fourth-order valence-corrected chi connectivity index (χ4v) is 1.31. The van der Waals surface area contributed by atoms with E-state index in [0.29, 0.717) is 0 Å². The Kier molecular flexibility index (Phi) is 4.93. The van der Waals surface area contributed by atoms with Crippen LogP contribution in [0.3, 0.4) is 0 Å². The number of hydrogen-bond acceptors (Lipinski definition) is 4. The third-order valence-corrected chi connectivity index (χ3v) is 1.91. The van der Waals surface area contributed by atoms with Crippen molar-refractivity contribution in [2.75, 3.05) is 7.11 Å². The first-order valence-electron chi connectivity index (χ1n) is 5.22. The van der Waals surface area contributed by atoms with E-state index in [1.54, 1.807) is 27.7 Å². The van der Waals surface area contributed by atoms with Gasteiger partial charge in [-0.3, -0.25) is 9.59 Å². The van der Waals surface area contributed by atoms with Crippen LogP contribution in [-0.4, -0.2) is 30.1 Å². The van der Waals surface area contributed by atoms with Gasteiger partial charge in [-0.15, -0.1) is 0 Å². The zero-order valence-corrected chi connectivity index (χ0v) is 10.7. The second-order valence-electron chi connectivity index (χ2n) is 5.35. The SMILES string of the molecule is COC(=O)CC(C)(C)NC(=O)CC(C)(C)N. The zero-order valence-electron chi connectivity index (χ0n) is 10.7. The second kappa shape index (κ2) is 5.30. The highest BCUT2D eigenvalue weighted by Crippen LogP contribution is 2.11. The molecule has 0 radical (unpaired) electrons. The molecule has 0 bridgehead atoms. The average Bonchev–Trinajstić information content (AvgIpc) is 1.97. The van der Waals surface area contributed by atoms with Crippen LogP contribution >= 0.6 is 0 Å². The van der Waals surface area contributed by atoms with Crippen LogP contribution in [0.4, 0.5) is 0 Å². The summed E-state index contributed by atoms with van der Waals surface area (Å²) >= 11 is 0. The Morgan fingerprint density at radius 3 is 2.06 bits per heavy atom. The predicted octanol–water partition coefficient (Wildman–Crippen LogP) is 0.572. The highest BCUT2D eigenvalue weighted by Gasteiger charge is 2.26. The number of carbonyl (C=O) groups is 2. The summed E-state index contributed by atoms with van der Waals surface area (Å²) in [4.78, 5) is 22.7. The average molecular weight is 230 g/mol. The molecule has 0 saturated carbocycles. The standard InChI is InChI=1S/C11H22N2O3/c1-10(2,12)6-8(14)13-11(3,4)7-9(15)16-5/h6-7,12H2,1-5H3,(H,13,14). The summed E-state index contributed by atoms with van der Waals surface area (Å²) in [5, 5.41) is 2.76. The van der Waals surface area contributed by atoms with Gasteiger partial charge in [-0.1, -0.05) is 0 Å². The maximum Gasteiger partial charge on any atom is 0.307 e. The number of carbonyl (C=O) groups excluding carboxylic acids is 2. The highest BCUT2D eigenvalue weighted by molar-refractivity contribution is 5.79. The maximum absolute atomic E-state index is 11.6. The molecule has 0 spiro atoms. The summed E-state index contributed by atoms with van der Waals surface area (Å²) in [5.41, 5.74) is 4.56. The summed E-state index contributed by atoms with van der Waals surface area (Å²) < 4.78 is 4.55. The van der Waals surface area contributed by atoms with Crippen LogP contribution in [0.15, 0.2) is 0 Å². The van der Waals surface area contributed by atoms with E-state index < -0.39 is 11.1 Å². The molecule has 0 aliphatic rings. The van der Waals surface area contributed by atoms with Crippen molar-refractivity contribution in [1.29, 1.82) is 0 Å². The molecular formula is C11H22N2O3. The molecule has 0 aliphatic heterocycles. The Bertz CT molecular complexity index is 267. The predicted molar refractivity (Wildman–Crippen MR) is 61.7 cm³/mol. The fourth-order valence-electron chi connectivity index (χ4n) is 1.31. The van der Waals surface area contributed by atoms with Crippen LogP contribution < -0.4 is 11.1 Å². The van der Waals surface area contributed by atoms with Crippen molar-refractivity contribution < 1.29 is 14.3 Å². The van der Waals surface area contributed by atoms with Gasteiger partial charge in [0.15, 0.2) is 0 Å². The Morgan fingerprint density at radius 1 is 1.19 bits per heavy atom. The van der Waals surface area contributed by atoms with E-state index in [2.05, 4.69) is 10.1 Å². The number of rotatable bonds is 5. The Hall–Kier alpha value is -1.10. The number of amides is 1. The van der Waals surface area contributed by atoms with E-state index >= 15 is 0 Å². The number of nitrogens with one attached hydrogen (secondary N) is 1. The fraction of sp³-hybridized carbons (Fsp3) is 0.818. The summed E-state index contributed by atoms with van der Waals surface area (Å²) in [5.74, 6) is -0.515. The van der Waals surface area contributed by atoms with Crippen molar-refractivity contribution >= 4 is 11.9 Å². The van der Waals surface area contributed by atoms with Crippen molar-refractivity contribution in [2.24, 2.45) is 5.73 Å². The molecule has 0 aromatic rings. The lowest BCUT2D eigenvalue weighted by Crippen LogP contribution is -2.48. The van der Waals surface area contributed by atoms with Gasteiger partial charge >= 0.3 is 5.97 Å². The molecule has 0 saturated heterocycles. The third-order valence-electron chi connectivity index (χ3n) is 1.91. The molecule has 94 valence electrons. The van der Waals surface area contributed by atoms with E-state index in [-0.39, 0.29) is 24.7 Å². The Labute approximate surface area is 96.7 Å². The van der Waals surface area contributed by atoms with E-state index in [1.165, 1.54) is 7.11 Å². The summed E-state index contributed by atoms with van der Waals surface area (Å²) in [6, 6.07) is 0. The molecule has 0 atom stereocenters. The van der Waals surface area contributed by atoms with Gasteiger partial charge in [0.05, 0.1) is 13.5 Å². The number of methoxy groups -OCH3 is 1. The lowest BCUT2D eigenvalue weighted by atomic mass is 9.97. The van der Waals surface area contributed by atoms with E-state index in [1.807, 2.05) is 0 Å². The lowest BCUT2D eigenvalue weighted by molar-refractivity contribution is -0.142. The number of ether oxygens (including phenoxy) is 1. The zero-order chi connectivity index (χ0) is 13.0. The van der Waals surface area contributed by atoms with Crippen LogP contribution in [0.1, 0.15) is 40.5 Å². The minimum atomic E-state index is -0.616. The van der Waals surface area contributed by atoms with Crippen molar-refractivity contribution in [3.63, 3.8) is 0 Å². The van der Waals surface area contributed by atoms with Gasteiger partial charge in [0.1, 0.15) is 0 Å². The molecule has 1 amide bonds. The first-order chi connectivity index (χ1) is 7.06.